The highest BCUT2D eigenvalue weighted by molar-refractivity contribution is 5.23. The number of ether oxygens (including phenoxy) is 2. The van der Waals surface area contributed by atoms with Crippen LogP contribution in [0, 0.1) is 5.82 Å². The van der Waals surface area contributed by atoms with Gasteiger partial charge in [0, 0.05) is 31.0 Å². The van der Waals surface area contributed by atoms with Crippen molar-refractivity contribution in [3.63, 3.8) is 0 Å². The van der Waals surface area contributed by atoms with Gasteiger partial charge in [-0.1, -0.05) is 0 Å². The molecule has 0 aliphatic heterocycles. The predicted octanol–water partition coefficient (Wildman–Crippen LogP) is 1.89. The topological polar surface area (TPSA) is 43.4 Å². The molecule has 1 fully saturated rings. The van der Waals surface area contributed by atoms with Crippen molar-refractivity contribution < 1.29 is 13.9 Å². The minimum Gasteiger partial charge on any atom is -0.473 e. The zero-order chi connectivity index (χ0) is 12.8. The lowest BCUT2D eigenvalue weighted by Gasteiger charge is -2.09. The summed E-state index contributed by atoms with van der Waals surface area (Å²) in [7, 11) is 0. The molecule has 4 nitrogen and oxygen atoms in total. The molecule has 1 aromatic heterocycles. The highest BCUT2D eigenvalue weighted by atomic mass is 19.1. The zero-order valence-corrected chi connectivity index (χ0v) is 10.6. The summed E-state index contributed by atoms with van der Waals surface area (Å²) >= 11 is 0. The molecule has 1 aliphatic rings. The summed E-state index contributed by atoms with van der Waals surface area (Å²) in [6.45, 7) is 3.83. The standard InChI is InChI=1S/C13H19FN2O2/c1-2-17-7-8-18-13-12(14)10(5-6-15-13)9-16-11-3-4-11/h5-6,11,16H,2-4,7-9H2,1H3. The van der Waals surface area contributed by atoms with Crippen molar-refractivity contribution in [3.05, 3.63) is 23.6 Å². The summed E-state index contributed by atoms with van der Waals surface area (Å²) in [5.74, 6) is -0.313. The minimum atomic E-state index is -0.373. The minimum absolute atomic E-state index is 0.0600. The summed E-state index contributed by atoms with van der Waals surface area (Å²) in [5.41, 5.74) is 0.600. The van der Waals surface area contributed by atoms with Crippen LogP contribution in [0.4, 0.5) is 4.39 Å². The molecule has 0 aromatic carbocycles. The van der Waals surface area contributed by atoms with E-state index in [1.165, 1.54) is 12.8 Å². The lowest BCUT2D eigenvalue weighted by Crippen LogP contribution is -2.17. The van der Waals surface area contributed by atoms with Crippen molar-refractivity contribution in [2.24, 2.45) is 0 Å². The summed E-state index contributed by atoms with van der Waals surface area (Å²) in [6.07, 6.45) is 3.94. The largest absolute Gasteiger partial charge is 0.473 e. The van der Waals surface area contributed by atoms with Crippen molar-refractivity contribution in [1.82, 2.24) is 10.3 Å². The molecule has 18 heavy (non-hydrogen) atoms. The molecule has 2 rings (SSSR count). The first-order valence-corrected chi connectivity index (χ1v) is 6.38. The summed E-state index contributed by atoms with van der Waals surface area (Å²) in [6, 6.07) is 2.24. The Bertz CT molecular complexity index is 383. The van der Waals surface area contributed by atoms with Gasteiger partial charge in [-0.15, -0.1) is 0 Å². The van der Waals surface area contributed by atoms with Gasteiger partial charge in [-0.2, -0.15) is 0 Å². The van der Waals surface area contributed by atoms with E-state index < -0.39 is 0 Å². The Morgan fingerprint density at radius 1 is 1.44 bits per heavy atom. The molecule has 0 amide bonds. The number of nitrogens with zero attached hydrogens (tertiary/aromatic N) is 1. The molecule has 0 spiro atoms. The summed E-state index contributed by atoms with van der Waals surface area (Å²) < 4.78 is 24.4. The molecule has 0 radical (unpaired) electrons. The quantitative estimate of drug-likeness (QED) is 0.719. The zero-order valence-electron chi connectivity index (χ0n) is 10.6. The van der Waals surface area contributed by atoms with E-state index in [2.05, 4.69) is 10.3 Å². The molecule has 0 saturated heterocycles. The number of halogens is 1. The fourth-order valence-electron chi connectivity index (χ4n) is 1.58. The third-order valence-corrected chi connectivity index (χ3v) is 2.77. The maximum Gasteiger partial charge on any atom is 0.250 e. The first-order chi connectivity index (χ1) is 8.81. The number of hydrogen-bond donors (Lipinski definition) is 1. The molecule has 1 aliphatic carbocycles. The van der Waals surface area contributed by atoms with Crippen LogP contribution in [-0.2, 0) is 11.3 Å². The van der Waals surface area contributed by atoms with E-state index >= 15 is 0 Å². The molecule has 100 valence electrons. The molecular formula is C13H19FN2O2. The summed E-state index contributed by atoms with van der Waals surface area (Å²) in [4.78, 5) is 3.90. The normalized spacial score (nSPS) is 14.8. The maximum atomic E-state index is 14.0. The Morgan fingerprint density at radius 2 is 2.28 bits per heavy atom. The number of hydrogen-bond acceptors (Lipinski definition) is 4. The van der Waals surface area contributed by atoms with Crippen LogP contribution >= 0.6 is 0 Å². The van der Waals surface area contributed by atoms with Crippen LogP contribution in [0.25, 0.3) is 0 Å². The molecule has 0 unspecified atom stereocenters. The number of rotatable bonds is 8. The highest BCUT2D eigenvalue weighted by Gasteiger charge is 2.21. The van der Waals surface area contributed by atoms with E-state index in [4.69, 9.17) is 9.47 Å². The van der Waals surface area contributed by atoms with Gasteiger partial charge in [-0.25, -0.2) is 9.37 Å². The first kappa shape index (κ1) is 13.2. The predicted molar refractivity (Wildman–Crippen MR) is 66.0 cm³/mol. The fraction of sp³-hybridized carbons (Fsp3) is 0.615. The van der Waals surface area contributed by atoms with Gasteiger partial charge in [0.25, 0.3) is 5.88 Å². The molecule has 1 heterocycles. The molecule has 1 saturated carbocycles. The molecule has 0 bridgehead atoms. The molecule has 1 N–H and O–H groups in total. The van der Waals surface area contributed by atoms with E-state index in [0.717, 1.165) is 0 Å². The number of aromatic nitrogens is 1. The van der Waals surface area contributed by atoms with Gasteiger partial charge < -0.3 is 14.8 Å². The monoisotopic (exact) mass is 254 g/mol. The SMILES string of the molecule is CCOCCOc1nccc(CNC2CC2)c1F. The molecular weight excluding hydrogens is 235 g/mol. The van der Waals surface area contributed by atoms with Crippen LogP contribution in [0.3, 0.4) is 0 Å². The summed E-state index contributed by atoms with van der Waals surface area (Å²) in [5, 5.41) is 3.27. The van der Waals surface area contributed by atoms with Crippen molar-refractivity contribution in [1.29, 1.82) is 0 Å². The van der Waals surface area contributed by atoms with E-state index in [0.29, 0.717) is 38.0 Å². The average molecular weight is 254 g/mol. The Balaban J connectivity index is 1.86. The maximum absolute atomic E-state index is 14.0. The average Bonchev–Trinajstić information content (AvgIpc) is 3.19. The van der Waals surface area contributed by atoms with Gasteiger partial charge >= 0.3 is 0 Å². The van der Waals surface area contributed by atoms with Crippen LogP contribution in [0.1, 0.15) is 25.3 Å². The van der Waals surface area contributed by atoms with Gasteiger partial charge in [0.05, 0.1) is 6.61 Å². The third kappa shape index (κ3) is 3.92. The Labute approximate surface area is 107 Å². The van der Waals surface area contributed by atoms with Gasteiger partial charge in [-0.3, -0.25) is 0 Å². The molecule has 5 heteroatoms. The van der Waals surface area contributed by atoms with Gasteiger partial charge in [0.1, 0.15) is 6.61 Å². The second-order valence-electron chi connectivity index (χ2n) is 4.29. The van der Waals surface area contributed by atoms with E-state index in [9.17, 15) is 4.39 Å². The lowest BCUT2D eigenvalue weighted by atomic mass is 10.2. The van der Waals surface area contributed by atoms with Crippen LogP contribution in [0.15, 0.2) is 12.3 Å². The van der Waals surface area contributed by atoms with Crippen LogP contribution in [0.5, 0.6) is 5.88 Å². The highest BCUT2D eigenvalue weighted by Crippen LogP contribution is 2.21. The molecule has 0 atom stereocenters. The van der Waals surface area contributed by atoms with Crippen molar-refractivity contribution in [3.8, 4) is 5.88 Å². The van der Waals surface area contributed by atoms with Gasteiger partial charge in [0.2, 0.25) is 0 Å². The van der Waals surface area contributed by atoms with E-state index in [1.54, 1.807) is 12.3 Å². The van der Waals surface area contributed by atoms with Crippen molar-refractivity contribution in [2.75, 3.05) is 19.8 Å². The van der Waals surface area contributed by atoms with Crippen molar-refractivity contribution in [2.45, 2.75) is 32.4 Å². The smallest absolute Gasteiger partial charge is 0.250 e. The van der Waals surface area contributed by atoms with Crippen LogP contribution < -0.4 is 10.1 Å². The number of nitrogens with one attached hydrogen (secondary N) is 1. The Kier molecular flexibility index (Phi) is 4.90. The third-order valence-electron chi connectivity index (χ3n) is 2.77. The second kappa shape index (κ2) is 6.66. The van der Waals surface area contributed by atoms with Gasteiger partial charge in [-0.05, 0) is 25.8 Å². The second-order valence-corrected chi connectivity index (χ2v) is 4.29. The van der Waals surface area contributed by atoms with Crippen LogP contribution in [0.2, 0.25) is 0 Å². The van der Waals surface area contributed by atoms with Gasteiger partial charge in [0.15, 0.2) is 5.82 Å². The Hall–Kier alpha value is -1.20. The Morgan fingerprint density at radius 3 is 3.00 bits per heavy atom. The van der Waals surface area contributed by atoms with E-state index in [1.807, 2.05) is 6.92 Å². The van der Waals surface area contributed by atoms with Crippen molar-refractivity contribution >= 4 is 0 Å². The van der Waals surface area contributed by atoms with Crippen LogP contribution in [-0.4, -0.2) is 30.8 Å². The number of pyridine rings is 1. The first-order valence-electron chi connectivity index (χ1n) is 6.38. The fourth-order valence-corrected chi connectivity index (χ4v) is 1.58. The molecule has 1 aromatic rings. The van der Waals surface area contributed by atoms with E-state index in [-0.39, 0.29) is 11.7 Å². The lowest BCUT2D eigenvalue weighted by molar-refractivity contribution is 0.106.